The molecule has 2 aromatic heterocycles. The normalized spacial score (nSPS) is 11.1. The second kappa shape index (κ2) is 6.93. The van der Waals surface area contributed by atoms with Gasteiger partial charge in [-0.15, -0.1) is 0 Å². The van der Waals surface area contributed by atoms with Crippen LogP contribution in [0.25, 0.3) is 27.9 Å². The minimum Gasteiger partial charge on any atom is -0.507 e. The highest BCUT2D eigenvalue weighted by Crippen LogP contribution is 2.42. The summed E-state index contributed by atoms with van der Waals surface area (Å²) in [6.45, 7) is 0. The highest BCUT2D eigenvalue weighted by Gasteiger charge is 2.18. The van der Waals surface area contributed by atoms with Crippen molar-refractivity contribution in [2.24, 2.45) is 0 Å². The van der Waals surface area contributed by atoms with Crippen LogP contribution in [0.2, 0.25) is 15.1 Å². The molecule has 0 amide bonds. The van der Waals surface area contributed by atoms with E-state index < -0.39 is 0 Å². The molecule has 0 bridgehead atoms. The zero-order valence-corrected chi connectivity index (χ0v) is 16.1. The average molecular weight is 417 g/mol. The van der Waals surface area contributed by atoms with E-state index >= 15 is 0 Å². The van der Waals surface area contributed by atoms with Gasteiger partial charge in [-0.05, 0) is 24.3 Å². The zero-order valence-electron chi connectivity index (χ0n) is 13.8. The van der Waals surface area contributed by atoms with Crippen LogP contribution in [-0.4, -0.2) is 9.51 Å². The fraction of sp³-hybridized carbons (Fsp3) is 0. The Labute approximate surface area is 170 Å². The number of aromatic hydroxyl groups is 1. The van der Waals surface area contributed by atoms with Crippen LogP contribution in [0.1, 0.15) is 0 Å². The fourth-order valence-corrected chi connectivity index (χ4v) is 3.98. The number of halogens is 3. The lowest BCUT2D eigenvalue weighted by atomic mass is 10.0. The SMILES string of the molecule is O=c1cc(-c2ccccc2Cl)n2ccc(O)c(-c3c(Cl)cccc3Cl)c2c1. The first-order chi connectivity index (χ1) is 13.0. The van der Waals surface area contributed by atoms with Crippen LogP contribution in [0, 0.1) is 0 Å². The van der Waals surface area contributed by atoms with Crippen molar-refractivity contribution in [3.8, 4) is 28.1 Å². The van der Waals surface area contributed by atoms with E-state index in [2.05, 4.69) is 0 Å². The molecule has 0 saturated carbocycles. The van der Waals surface area contributed by atoms with Crippen molar-refractivity contribution in [2.75, 3.05) is 0 Å². The van der Waals surface area contributed by atoms with E-state index in [1.54, 1.807) is 34.9 Å². The molecule has 0 aliphatic rings. The van der Waals surface area contributed by atoms with E-state index in [0.29, 0.717) is 43.0 Å². The molecule has 0 aliphatic carbocycles. The van der Waals surface area contributed by atoms with Crippen LogP contribution >= 0.6 is 34.8 Å². The van der Waals surface area contributed by atoms with Gasteiger partial charge in [0.05, 0.1) is 26.8 Å². The van der Waals surface area contributed by atoms with Crippen molar-refractivity contribution in [2.45, 2.75) is 0 Å². The molecule has 2 aromatic carbocycles. The van der Waals surface area contributed by atoms with Gasteiger partial charge in [0.25, 0.3) is 0 Å². The fourth-order valence-electron chi connectivity index (χ4n) is 3.16. The standard InChI is InChI=1S/C21H12Cl3NO2/c22-14-5-2-1-4-13(14)17-10-12(26)11-18-21(19(27)8-9-25(17)18)20-15(23)6-3-7-16(20)24/h1-11,27H. The van der Waals surface area contributed by atoms with Crippen LogP contribution in [0.3, 0.4) is 0 Å². The van der Waals surface area contributed by atoms with Gasteiger partial charge >= 0.3 is 0 Å². The summed E-state index contributed by atoms with van der Waals surface area (Å²) < 4.78 is 1.79. The molecule has 27 heavy (non-hydrogen) atoms. The summed E-state index contributed by atoms with van der Waals surface area (Å²) in [6, 6.07) is 16.8. The van der Waals surface area contributed by atoms with Crippen molar-refractivity contribution in [3.63, 3.8) is 0 Å². The Morgan fingerprint density at radius 2 is 1.44 bits per heavy atom. The number of benzene rings is 2. The minimum absolute atomic E-state index is 0.0271. The topological polar surface area (TPSA) is 41.7 Å². The molecule has 4 rings (SSSR count). The predicted molar refractivity (Wildman–Crippen MR) is 111 cm³/mol. The second-order valence-electron chi connectivity index (χ2n) is 5.98. The van der Waals surface area contributed by atoms with Gasteiger partial charge in [0, 0.05) is 34.5 Å². The predicted octanol–water partition coefficient (Wildman–Crippen LogP) is 6.30. The van der Waals surface area contributed by atoms with E-state index in [9.17, 15) is 9.90 Å². The van der Waals surface area contributed by atoms with Gasteiger partial charge in [-0.3, -0.25) is 4.79 Å². The first-order valence-electron chi connectivity index (χ1n) is 8.05. The van der Waals surface area contributed by atoms with Gasteiger partial charge < -0.3 is 9.51 Å². The van der Waals surface area contributed by atoms with Gasteiger partial charge in [0.2, 0.25) is 0 Å². The molecule has 2 heterocycles. The Hall–Kier alpha value is -2.46. The van der Waals surface area contributed by atoms with Crippen molar-refractivity contribution in [3.05, 3.63) is 92.2 Å². The maximum Gasteiger partial charge on any atom is 0.182 e. The van der Waals surface area contributed by atoms with Gasteiger partial charge in [0.1, 0.15) is 5.75 Å². The Bertz CT molecular complexity index is 1230. The van der Waals surface area contributed by atoms with E-state index in [4.69, 9.17) is 34.8 Å². The smallest absolute Gasteiger partial charge is 0.182 e. The summed E-state index contributed by atoms with van der Waals surface area (Å²) in [5.41, 5.74) is 2.42. The van der Waals surface area contributed by atoms with Gasteiger partial charge in [-0.25, -0.2) is 0 Å². The van der Waals surface area contributed by atoms with Crippen molar-refractivity contribution in [1.29, 1.82) is 0 Å². The number of pyridine rings is 2. The largest absolute Gasteiger partial charge is 0.507 e. The van der Waals surface area contributed by atoms with Gasteiger partial charge in [0.15, 0.2) is 5.43 Å². The molecule has 0 atom stereocenters. The number of rotatable bonds is 2. The lowest BCUT2D eigenvalue weighted by Crippen LogP contribution is -2.06. The number of hydrogen-bond acceptors (Lipinski definition) is 2. The molecule has 134 valence electrons. The van der Waals surface area contributed by atoms with Gasteiger partial charge in [-0.2, -0.15) is 0 Å². The molecule has 0 fully saturated rings. The molecular formula is C21H12Cl3NO2. The Balaban J connectivity index is 2.16. The third-order valence-corrected chi connectivity index (χ3v) is 5.29. The molecular weight excluding hydrogens is 405 g/mol. The number of aromatic nitrogens is 1. The molecule has 0 radical (unpaired) electrons. The number of hydrogen-bond donors (Lipinski definition) is 1. The van der Waals surface area contributed by atoms with Crippen LogP contribution in [0.15, 0.2) is 71.7 Å². The maximum atomic E-state index is 12.4. The molecule has 0 saturated heterocycles. The van der Waals surface area contributed by atoms with Crippen LogP contribution in [0.5, 0.6) is 5.75 Å². The molecule has 0 aliphatic heterocycles. The quantitative estimate of drug-likeness (QED) is 0.416. The Morgan fingerprint density at radius 1 is 0.778 bits per heavy atom. The molecule has 0 spiro atoms. The second-order valence-corrected chi connectivity index (χ2v) is 7.21. The monoisotopic (exact) mass is 415 g/mol. The summed E-state index contributed by atoms with van der Waals surface area (Å²) in [5.74, 6) is -0.0271. The Morgan fingerprint density at radius 3 is 2.15 bits per heavy atom. The van der Waals surface area contributed by atoms with Crippen LogP contribution < -0.4 is 5.43 Å². The van der Waals surface area contributed by atoms with Crippen molar-refractivity contribution < 1.29 is 5.11 Å². The third-order valence-electron chi connectivity index (χ3n) is 4.33. The molecule has 6 heteroatoms. The molecule has 1 N–H and O–H groups in total. The maximum absolute atomic E-state index is 12.4. The number of fused-ring (bicyclic) bond motifs is 1. The van der Waals surface area contributed by atoms with Crippen LogP contribution in [-0.2, 0) is 0 Å². The first-order valence-corrected chi connectivity index (χ1v) is 9.18. The third kappa shape index (κ3) is 3.08. The zero-order chi connectivity index (χ0) is 19.1. The highest BCUT2D eigenvalue weighted by atomic mass is 35.5. The van der Waals surface area contributed by atoms with Crippen molar-refractivity contribution >= 4 is 40.3 Å². The lowest BCUT2D eigenvalue weighted by Gasteiger charge is -2.16. The lowest BCUT2D eigenvalue weighted by molar-refractivity contribution is 0.477. The number of nitrogens with zero attached hydrogens (tertiary/aromatic N) is 1. The van der Waals surface area contributed by atoms with E-state index in [1.165, 1.54) is 18.2 Å². The van der Waals surface area contributed by atoms with E-state index in [1.807, 2.05) is 18.2 Å². The molecule has 4 aromatic rings. The minimum atomic E-state index is -0.222. The Kier molecular flexibility index (Phi) is 4.60. The van der Waals surface area contributed by atoms with Gasteiger partial charge in [-0.1, -0.05) is 59.1 Å². The summed E-state index contributed by atoms with van der Waals surface area (Å²) in [6.07, 6.45) is 1.68. The average Bonchev–Trinajstić information content (AvgIpc) is 2.63. The summed E-state index contributed by atoms with van der Waals surface area (Å²) in [4.78, 5) is 12.4. The van der Waals surface area contributed by atoms with Crippen molar-refractivity contribution in [1.82, 2.24) is 4.40 Å². The summed E-state index contributed by atoms with van der Waals surface area (Å²) in [7, 11) is 0. The molecule has 0 unspecified atom stereocenters. The summed E-state index contributed by atoms with van der Waals surface area (Å²) in [5, 5.41) is 11.8. The van der Waals surface area contributed by atoms with E-state index in [-0.39, 0.29) is 11.2 Å². The molecule has 3 nitrogen and oxygen atoms in total. The first kappa shape index (κ1) is 17.9. The highest BCUT2D eigenvalue weighted by molar-refractivity contribution is 6.39. The van der Waals surface area contributed by atoms with E-state index in [0.717, 1.165) is 0 Å². The van der Waals surface area contributed by atoms with Crippen LogP contribution in [0.4, 0.5) is 0 Å². The summed E-state index contributed by atoms with van der Waals surface area (Å²) >= 11 is 19.1.